The van der Waals surface area contributed by atoms with Crippen molar-refractivity contribution in [2.75, 3.05) is 27.2 Å². The van der Waals surface area contributed by atoms with Crippen molar-refractivity contribution in [3.8, 4) is 0 Å². The lowest BCUT2D eigenvalue weighted by molar-refractivity contribution is 0.271. The van der Waals surface area contributed by atoms with Gasteiger partial charge >= 0.3 is 0 Å². The Morgan fingerprint density at radius 1 is 1.33 bits per heavy atom. The van der Waals surface area contributed by atoms with Crippen LogP contribution in [-0.4, -0.2) is 50.8 Å². The molecule has 0 saturated carbocycles. The average Bonchev–Trinajstić information content (AvgIpc) is 2.38. The first-order valence-electron chi connectivity index (χ1n) is 6.89. The molecule has 1 aromatic carbocycles. The molecule has 0 aliphatic carbocycles. The maximum Gasteiger partial charge on any atom is 0.243 e. The number of halogens is 1. The Bertz CT molecular complexity index is 576. The van der Waals surface area contributed by atoms with Crippen molar-refractivity contribution >= 4 is 10.0 Å². The predicted molar refractivity (Wildman–Crippen MR) is 81.9 cm³/mol. The summed E-state index contributed by atoms with van der Waals surface area (Å²) >= 11 is 0. The highest BCUT2D eigenvalue weighted by atomic mass is 32.2. The van der Waals surface area contributed by atoms with Crippen LogP contribution in [0.3, 0.4) is 0 Å². The van der Waals surface area contributed by atoms with E-state index in [0.29, 0.717) is 13.1 Å². The van der Waals surface area contributed by atoms with Gasteiger partial charge in [-0.25, -0.2) is 12.8 Å². The molecular weight excluding hydrogens is 293 g/mol. The van der Waals surface area contributed by atoms with E-state index in [1.165, 1.54) is 16.4 Å². The van der Waals surface area contributed by atoms with E-state index >= 15 is 0 Å². The molecule has 0 aromatic heterocycles. The van der Waals surface area contributed by atoms with Gasteiger partial charge in [0, 0.05) is 31.2 Å². The summed E-state index contributed by atoms with van der Waals surface area (Å²) in [6, 6.07) is 3.57. The van der Waals surface area contributed by atoms with E-state index in [1.807, 2.05) is 25.9 Å². The second-order valence-electron chi connectivity index (χ2n) is 5.28. The van der Waals surface area contributed by atoms with Gasteiger partial charge in [0.1, 0.15) is 5.82 Å². The third kappa shape index (κ3) is 4.23. The van der Waals surface area contributed by atoms with Crippen LogP contribution in [0.25, 0.3) is 0 Å². The van der Waals surface area contributed by atoms with E-state index in [-0.39, 0.29) is 23.0 Å². The number of hydrogen-bond donors (Lipinski definition) is 1. The third-order valence-corrected chi connectivity index (χ3v) is 5.36. The largest absolute Gasteiger partial charge is 0.326 e. The van der Waals surface area contributed by atoms with Crippen LogP contribution in [0.5, 0.6) is 0 Å². The Morgan fingerprint density at radius 2 is 1.95 bits per heavy atom. The van der Waals surface area contributed by atoms with E-state index in [0.717, 1.165) is 6.07 Å². The Morgan fingerprint density at radius 3 is 2.43 bits per heavy atom. The SMILES string of the molecule is CCN(C(C)CN(C)C)S(=O)(=O)c1ccc(F)c(CN)c1. The molecule has 1 rings (SSSR count). The highest BCUT2D eigenvalue weighted by Crippen LogP contribution is 2.21. The van der Waals surface area contributed by atoms with E-state index in [2.05, 4.69) is 0 Å². The van der Waals surface area contributed by atoms with Crippen LogP contribution in [0.4, 0.5) is 4.39 Å². The number of nitrogens with zero attached hydrogens (tertiary/aromatic N) is 2. The molecule has 7 heteroatoms. The predicted octanol–water partition coefficient (Wildman–Crippen LogP) is 1.25. The molecule has 0 aliphatic heterocycles. The van der Waals surface area contributed by atoms with E-state index in [4.69, 9.17) is 5.73 Å². The molecular formula is C14H24FN3O2S. The zero-order chi connectivity index (χ0) is 16.2. The molecule has 21 heavy (non-hydrogen) atoms. The Balaban J connectivity index is 3.18. The summed E-state index contributed by atoms with van der Waals surface area (Å²) in [5.74, 6) is -0.485. The first-order valence-corrected chi connectivity index (χ1v) is 8.33. The monoisotopic (exact) mass is 317 g/mol. The van der Waals surface area contributed by atoms with Gasteiger partial charge in [0.05, 0.1) is 4.90 Å². The molecule has 120 valence electrons. The normalized spacial score (nSPS) is 13.9. The van der Waals surface area contributed by atoms with Crippen molar-refractivity contribution in [1.29, 1.82) is 0 Å². The van der Waals surface area contributed by atoms with Gasteiger partial charge in [0.2, 0.25) is 10.0 Å². The number of benzene rings is 1. The molecule has 0 spiro atoms. The zero-order valence-corrected chi connectivity index (χ0v) is 13.8. The summed E-state index contributed by atoms with van der Waals surface area (Å²) in [7, 11) is 0.120. The maximum atomic E-state index is 13.5. The number of sulfonamides is 1. The van der Waals surface area contributed by atoms with Gasteiger partial charge in [-0.15, -0.1) is 0 Å². The number of rotatable bonds is 7. The fourth-order valence-corrected chi connectivity index (χ4v) is 4.02. The second kappa shape index (κ2) is 7.31. The molecule has 0 radical (unpaired) electrons. The maximum absolute atomic E-state index is 13.5. The summed E-state index contributed by atoms with van der Waals surface area (Å²) in [6.07, 6.45) is 0. The molecule has 0 bridgehead atoms. The van der Waals surface area contributed by atoms with Crippen LogP contribution in [0.15, 0.2) is 23.1 Å². The molecule has 0 saturated heterocycles. The Kier molecular flexibility index (Phi) is 6.27. The van der Waals surface area contributed by atoms with Crippen molar-refractivity contribution in [3.05, 3.63) is 29.6 Å². The van der Waals surface area contributed by atoms with Crippen LogP contribution in [0.2, 0.25) is 0 Å². The van der Waals surface area contributed by atoms with Gasteiger partial charge in [0.25, 0.3) is 0 Å². The summed E-state index contributed by atoms with van der Waals surface area (Å²) < 4.78 is 40.3. The third-order valence-electron chi connectivity index (χ3n) is 3.28. The summed E-state index contributed by atoms with van der Waals surface area (Å²) in [4.78, 5) is 2.01. The van der Waals surface area contributed by atoms with Crippen molar-refractivity contribution < 1.29 is 12.8 Å². The van der Waals surface area contributed by atoms with Gasteiger partial charge < -0.3 is 10.6 Å². The molecule has 2 N–H and O–H groups in total. The average molecular weight is 317 g/mol. The van der Waals surface area contributed by atoms with Gasteiger partial charge in [-0.1, -0.05) is 6.92 Å². The highest BCUT2D eigenvalue weighted by molar-refractivity contribution is 7.89. The first kappa shape index (κ1) is 18.0. The number of hydrogen-bond acceptors (Lipinski definition) is 4. The van der Waals surface area contributed by atoms with Crippen LogP contribution in [0.1, 0.15) is 19.4 Å². The van der Waals surface area contributed by atoms with Crippen molar-refractivity contribution in [2.24, 2.45) is 5.73 Å². The van der Waals surface area contributed by atoms with Gasteiger partial charge in [-0.05, 0) is 39.2 Å². The lowest BCUT2D eigenvalue weighted by Gasteiger charge is -2.29. The topological polar surface area (TPSA) is 66.6 Å². The van der Waals surface area contributed by atoms with Gasteiger partial charge in [-0.3, -0.25) is 0 Å². The number of likely N-dealkylation sites (N-methyl/N-ethyl adjacent to an activating group) is 2. The van der Waals surface area contributed by atoms with Crippen molar-refractivity contribution in [2.45, 2.75) is 31.3 Å². The molecule has 1 unspecified atom stereocenters. The standard InChI is InChI=1S/C14H24FN3O2S/c1-5-18(11(2)10-17(3)4)21(19,20)13-6-7-14(15)12(8-13)9-16/h6-8,11H,5,9-10,16H2,1-4H3. The molecule has 5 nitrogen and oxygen atoms in total. The zero-order valence-electron chi connectivity index (χ0n) is 13.0. The summed E-state index contributed by atoms with van der Waals surface area (Å²) in [6.45, 7) is 4.57. The fraction of sp³-hybridized carbons (Fsp3) is 0.571. The first-order chi connectivity index (χ1) is 9.73. The van der Waals surface area contributed by atoms with Crippen LogP contribution >= 0.6 is 0 Å². The molecule has 1 aromatic rings. The van der Waals surface area contributed by atoms with Crippen molar-refractivity contribution in [1.82, 2.24) is 9.21 Å². The summed E-state index contributed by atoms with van der Waals surface area (Å²) in [5.41, 5.74) is 5.64. The molecule has 0 fully saturated rings. The van der Waals surface area contributed by atoms with E-state index < -0.39 is 15.8 Å². The van der Waals surface area contributed by atoms with Gasteiger partial charge in [0.15, 0.2) is 0 Å². The molecule has 1 atom stereocenters. The number of nitrogens with two attached hydrogens (primary N) is 1. The quantitative estimate of drug-likeness (QED) is 0.822. The summed E-state index contributed by atoms with van der Waals surface area (Å²) in [5, 5.41) is 0. The van der Waals surface area contributed by atoms with Crippen LogP contribution < -0.4 is 5.73 Å². The van der Waals surface area contributed by atoms with E-state index in [9.17, 15) is 12.8 Å². The Labute approximate surface area is 126 Å². The smallest absolute Gasteiger partial charge is 0.243 e. The molecule has 0 amide bonds. The van der Waals surface area contributed by atoms with Gasteiger partial charge in [-0.2, -0.15) is 4.31 Å². The lowest BCUT2D eigenvalue weighted by Crippen LogP contribution is -2.43. The lowest BCUT2D eigenvalue weighted by atomic mass is 10.2. The molecule has 0 aliphatic rings. The van der Waals surface area contributed by atoms with Crippen molar-refractivity contribution in [3.63, 3.8) is 0 Å². The van der Waals surface area contributed by atoms with Crippen LogP contribution in [-0.2, 0) is 16.6 Å². The highest BCUT2D eigenvalue weighted by Gasteiger charge is 2.28. The molecule has 0 heterocycles. The fourth-order valence-electron chi connectivity index (χ4n) is 2.34. The Hall–Kier alpha value is -1.02. The second-order valence-corrected chi connectivity index (χ2v) is 7.17. The minimum absolute atomic E-state index is 0.0332. The van der Waals surface area contributed by atoms with Crippen LogP contribution in [0, 0.1) is 5.82 Å². The minimum Gasteiger partial charge on any atom is -0.326 e. The van der Waals surface area contributed by atoms with E-state index in [1.54, 1.807) is 6.92 Å². The minimum atomic E-state index is -3.66.